The van der Waals surface area contributed by atoms with Gasteiger partial charge < -0.3 is 9.97 Å². The van der Waals surface area contributed by atoms with Crippen LogP contribution in [0, 0.1) is 10.1 Å². The number of pyridine rings is 1. The molecule has 110 valence electrons. The molecule has 3 aromatic rings. The number of rotatable bonds is 3. The maximum Gasteiger partial charge on any atom is 0.314 e. The molecule has 8 nitrogen and oxygen atoms in total. The van der Waals surface area contributed by atoms with Crippen LogP contribution in [-0.4, -0.2) is 19.9 Å². The van der Waals surface area contributed by atoms with E-state index in [0.717, 1.165) is 4.90 Å². The lowest BCUT2D eigenvalue weighted by atomic mass is 10.2. The van der Waals surface area contributed by atoms with Crippen LogP contribution in [0.25, 0.3) is 11.0 Å². The highest BCUT2D eigenvalue weighted by atomic mass is 32.2. The monoisotopic (exact) mass is 316 g/mol. The molecule has 0 aliphatic heterocycles. The first-order valence-corrected chi connectivity index (χ1v) is 6.89. The van der Waals surface area contributed by atoms with Crippen LogP contribution < -0.4 is 11.1 Å². The van der Waals surface area contributed by atoms with Crippen molar-refractivity contribution in [2.24, 2.45) is 0 Å². The smallest absolute Gasteiger partial charge is 0.314 e. The fourth-order valence-corrected chi connectivity index (χ4v) is 2.82. The number of nitrogens with zero attached hydrogens (tertiary/aromatic N) is 2. The van der Waals surface area contributed by atoms with Gasteiger partial charge in [-0.05, 0) is 18.2 Å². The molecule has 2 heterocycles. The van der Waals surface area contributed by atoms with Crippen LogP contribution in [0.15, 0.2) is 56.0 Å². The number of nitrogens with one attached hydrogen (secondary N) is 2. The highest BCUT2D eigenvalue weighted by Gasteiger charge is 2.17. The van der Waals surface area contributed by atoms with Gasteiger partial charge in [-0.2, -0.15) is 0 Å². The molecule has 0 atom stereocenters. The van der Waals surface area contributed by atoms with E-state index in [1.54, 1.807) is 24.5 Å². The lowest BCUT2D eigenvalue weighted by Crippen LogP contribution is -2.28. The van der Waals surface area contributed by atoms with E-state index in [-0.39, 0.29) is 11.2 Å². The quantitative estimate of drug-likeness (QED) is 0.430. The van der Waals surface area contributed by atoms with Crippen LogP contribution in [0.1, 0.15) is 0 Å². The Morgan fingerprint density at radius 3 is 2.23 bits per heavy atom. The van der Waals surface area contributed by atoms with E-state index in [0.29, 0.717) is 10.4 Å². The summed E-state index contributed by atoms with van der Waals surface area (Å²) >= 11 is 1.17. The van der Waals surface area contributed by atoms with Gasteiger partial charge in [0.15, 0.2) is 0 Å². The third-order valence-electron chi connectivity index (χ3n) is 2.88. The average molecular weight is 316 g/mol. The van der Waals surface area contributed by atoms with Gasteiger partial charge in [0.25, 0.3) is 5.69 Å². The van der Waals surface area contributed by atoms with Gasteiger partial charge >= 0.3 is 11.1 Å². The van der Waals surface area contributed by atoms with Gasteiger partial charge in [0, 0.05) is 23.4 Å². The lowest BCUT2D eigenvalue weighted by molar-refractivity contribution is -0.387. The van der Waals surface area contributed by atoms with Crippen LogP contribution in [0.2, 0.25) is 0 Å². The standard InChI is InChI=1S/C13H8N4O4S/c18-12-13(19)16-9-6-11(22-7-1-3-14-4-2-7)10(17(20)21)5-8(9)15-12/h1-6H,(H,15,18)(H,16,19). The van der Waals surface area contributed by atoms with Crippen molar-refractivity contribution in [2.75, 3.05) is 0 Å². The Labute approximate surface area is 126 Å². The molecule has 0 spiro atoms. The number of aromatic amines is 2. The molecule has 0 unspecified atom stereocenters. The maximum atomic E-state index is 11.4. The Bertz CT molecular complexity index is 981. The van der Waals surface area contributed by atoms with E-state index in [1.807, 2.05) is 0 Å². The van der Waals surface area contributed by atoms with E-state index < -0.39 is 16.0 Å². The maximum absolute atomic E-state index is 11.4. The van der Waals surface area contributed by atoms with E-state index in [4.69, 9.17) is 0 Å². The predicted molar refractivity (Wildman–Crippen MR) is 80.2 cm³/mol. The second-order valence-corrected chi connectivity index (χ2v) is 5.43. The van der Waals surface area contributed by atoms with Crippen molar-refractivity contribution in [3.63, 3.8) is 0 Å². The molecule has 0 bridgehead atoms. The first-order valence-electron chi connectivity index (χ1n) is 6.07. The van der Waals surface area contributed by atoms with Crippen LogP contribution >= 0.6 is 11.8 Å². The Kier molecular flexibility index (Phi) is 3.47. The van der Waals surface area contributed by atoms with E-state index >= 15 is 0 Å². The Morgan fingerprint density at radius 1 is 1.05 bits per heavy atom. The van der Waals surface area contributed by atoms with Gasteiger partial charge in [-0.15, -0.1) is 0 Å². The summed E-state index contributed by atoms with van der Waals surface area (Å²) in [6, 6.07) is 6.13. The topological polar surface area (TPSA) is 122 Å². The summed E-state index contributed by atoms with van der Waals surface area (Å²) < 4.78 is 0. The largest absolute Gasteiger partial charge is 0.316 e. The molecule has 3 rings (SSSR count). The van der Waals surface area contributed by atoms with Crippen molar-refractivity contribution >= 4 is 28.5 Å². The number of nitro benzene ring substituents is 1. The van der Waals surface area contributed by atoms with Crippen LogP contribution in [0.3, 0.4) is 0 Å². The molecule has 2 N–H and O–H groups in total. The number of hydrogen-bond acceptors (Lipinski definition) is 6. The number of H-pyrrole nitrogens is 2. The summed E-state index contributed by atoms with van der Waals surface area (Å²) in [5.41, 5.74) is -1.28. The summed E-state index contributed by atoms with van der Waals surface area (Å²) in [6.45, 7) is 0. The summed E-state index contributed by atoms with van der Waals surface area (Å²) in [6.07, 6.45) is 3.16. The number of hydrogen-bond donors (Lipinski definition) is 2. The Hall–Kier alpha value is -2.94. The summed E-state index contributed by atoms with van der Waals surface area (Å²) in [5, 5.41) is 11.2. The molecule has 0 aliphatic rings. The minimum atomic E-state index is -0.851. The first kappa shape index (κ1) is 14.0. The summed E-state index contributed by atoms with van der Waals surface area (Å²) in [5.74, 6) is 0. The number of benzene rings is 1. The van der Waals surface area contributed by atoms with Crippen LogP contribution in [-0.2, 0) is 0 Å². The van der Waals surface area contributed by atoms with E-state index in [2.05, 4.69) is 15.0 Å². The molecule has 9 heteroatoms. The Morgan fingerprint density at radius 2 is 1.64 bits per heavy atom. The average Bonchev–Trinajstić information content (AvgIpc) is 2.49. The SMILES string of the molecule is O=c1[nH]c2cc(Sc3ccncc3)c([N+](=O)[O-])cc2[nH]c1=O. The number of aromatic nitrogens is 3. The van der Waals surface area contributed by atoms with Gasteiger partial charge in [-0.1, -0.05) is 11.8 Å². The van der Waals surface area contributed by atoms with Crippen molar-refractivity contribution in [1.82, 2.24) is 15.0 Å². The fourth-order valence-electron chi connectivity index (χ4n) is 1.89. The zero-order valence-electron chi connectivity index (χ0n) is 10.9. The molecular formula is C13H8N4O4S. The zero-order chi connectivity index (χ0) is 15.7. The molecule has 0 aliphatic carbocycles. The molecule has 0 radical (unpaired) electrons. The highest BCUT2D eigenvalue weighted by Crippen LogP contribution is 2.36. The number of fused-ring (bicyclic) bond motifs is 1. The van der Waals surface area contributed by atoms with Gasteiger partial charge in [0.05, 0.1) is 20.9 Å². The zero-order valence-corrected chi connectivity index (χ0v) is 11.7. The molecule has 22 heavy (non-hydrogen) atoms. The number of nitro groups is 1. The predicted octanol–water partition coefficient (Wildman–Crippen LogP) is 1.67. The minimum Gasteiger partial charge on any atom is -0.316 e. The van der Waals surface area contributed by atoms with Gasteiger partial charge in [0.1, 0.15) is 0 Å². The van der Waals surface area contributed by atoms with Crippen LogP contribution in [0.5, 0.6) is 0 Å². The molecular weight excluding hydrogens is 308 g/mol. The fraction of sp³-hybridized carbons (Fsp3) is 0. The second-order valence-electron chi connectivity index (χ2n) is 4.32. The van der Waals surface area contributed by atoms with Gasteiger partial charge in [-0.25, -0.2) is 0 Å². The Balaban J connectivity index is 2.21. The van der Waals surface area contributed by atoms with Crippen molar-refractivity contribution in [3.05, 3.63) is 67.5 Å². The third kappa shape index (κ3) is 2.61. The second kappa shape index (κ2) is 5.45. The molecule has 0 saturated heterocycles. The molecule has 0 saturated carbocycles. The van der Waals surface area contributed by atoms with Gasteiger partial charge in [-0.3, -0.25) is 24.7 Å². The summed E-state index contributed by atoms with van der Waals surface area (Å²) in [7, 11) is 0. The van der Waals surface area contributed by atoms with Crippen molar-refractivity contribution in [2.45, 2.75) is 9.79 Å². The van der Waals surface area contributed by atoms with Crippen molar-refractivity contribution < 1.29 is 4.92 Å². The molecule has 2 aromatic heterocycles. The van der Waals surface area contributed by atoms with Crippen molar-refractivity contribution in [1.29, 1.82) is 0 Å². The van der Waals surface area contributed by atoms with Crippen LogP contribution in [0.4, 0.5) is 5.69 Å². The lowest BCUT2D eigenvalue weighted by Gasteiger charge is -2.05. The first-order chi connectivity index (χ1) is 10.5. The third-order valence-corrected chi connectivity index (χ3v) is 3.93. The van der Waals surface area contributed by atoms with Crippen molar-refractivity contribution in [3.8, 4) is 0 Å². The normalized spacial score (nSPS) is 10.7. The van der Waals surface area contributed by atoms with Gasteiger partial charge in [0.2, 0.25) is 0 Å². The minimum absolute atomic E-state index is 0.156. The summed E-state index contributed by atoms with van der Waals surface area (Å²) in [4.78, 5) is 43.1. The van der Waals surface area contributed by atoms with E-state index in [1.165, 1.54) is 23.9 Å². The molecule has 0 fully saturated rings. The molecule has 0 amide bonds. The molecule has 1 aromatic carbocycles. The highest BCUT2D eigenvalue weighted by molar-refractivity contribution is 7.99. The van der Waals surface area contributed by atoms with E-state index in [9.17, 15) is 19.7 Å².